The zero-order valence-corrected chi connectivity index (χ0v) is 8.83. The van der Waals surface area contributed by atoms with Crippen LogP contribution in [0.15, 0.2) is 6.20 Å². The summed E-state index contributed by atoms with van der Waals surface area (Å²) in [7, 11) is 3.25. The first-order chi connectivity index (χ1) is 6.77. The van der Waals surface area contributed by atoms with E-state index in [0.717, 1.165) is 17.8 Å². The minimum atomic E-state index is -0.192. The quantitative estimate of drug-likeness (QED) is 0.652. The normalized spacial score (nSPS) is 11.1. The van der Waals surface area contributed by atoms with Crippen LogP contribution >= 0.6 is 0 Å². The number of hydrogen-bond donors (Lipinski definition) is 2. The SMILES string of the molecule is COC(CNCc1cn[nH]c1C)OC. The van der Waals surface area contributed by atoms with Crippen LogP contribution in [0.4, 0.5) is 0 Å². The summed E-state index contributed by atoms with van der Waals surface area (Å²) in [4.78, 5) is 0. The van der Waals surface area contributed by atoms with Crippen molar-refractivity contribution in [3.63, 3.8) is 0 Å². The Balaban J connectivity index is 2.24. The molecule has 0 radical (unpaired) electrons. The smallest absolute Gasteiger partial charge is 0.169 e. The molecule has 0 amide bonds. The van der Waals surface area contributed by atoms with Gasteiger partial charge in [0.05, 0.1) is 6.20 Å². The maximum Gasteiger partial charge on any atom is 0.169 e. The average Bonchev–Trinajstić information content (AvgIpc) is 2.59. The van der Waals surface area contributed by atoms with E-state index in [9.17, 15) is 0 Å². The van der Waals surface area contributed by atoms with Crippen LogP contribution in [-0.4, -0.2) is 37.3 Å². The van der Waals surface area contributed by atoms with Gasteiger partial charge in [-0.1, -0.05) is 0 Å². The summed E-state index contributed by atoms with van der Waals surface area (Å²) >= 11 is 0. The van der Waals surface area contributed by atoms with Crippen LogP contribution in [0.5, 0.6) is 0 Å². The molecule has 0 fully saturated rings. The number of hydrogen-bond acceptors (Lipinski definition) is 4. The van der Waals surface area contributed by atoms with Crippen molar-refractivity contribution in [3.05, 3.63) is 17.5 Å². The van der Waals surface area contributed by atoms with Gasteiger partial charge >= 0.3 is 0 Å². The lowest BCUT2D eigenvalue weighted by molar-refractivity contribution is -0.0989. The lowest BCUT2D eigenvalue weighted by atomic mass is 10.2. The Morgan fingerprint density at radius 1 is 1.50 bits per heavy atom. The molecule has 0 aliphatic carbocycles. The minimum absolute atomic E-state index is 0.192. The second kappa shape index (κ2) is 5.74. The summed E-state index contributed by atoms with van der Waals surface area (Å²) < 4.78 is 10.1. The van der Waals surface area contributed by atoms with Crippen molar-refractivity contribution in [1.82, 2.24) is 15.5 Å². The molecule has 1 rings (SSSR count). The van der Waals surface area contributed by atoms with Crippen LogP contribution in [0, 0.1) is 6.92 Å². The van der Waals surface area contributed by atoms with E-state index in [1.165, 1.54) is 0 Å². The maximum atomic E-state index is 5.04. The van der Waals surface area contributed by atoms with Gasteiger partial charge in [0, 0.05) is 38.6 Å². The molecule has 0 saturated carbocycles. The van der Waals surface area contributed by atoms with E-state index in [1.807, 2.05) is 13.1 Å². The van der Waals surface area contributed by atoms with E-state index in [-0.39, 0.29) is 6.29 Å². The van der Waals surface area contributed by atoms with Crippen molar-refractivity contribution in [2.24, 2.45) is 0 Å². The molecule has 5 nitrogen and oxygen atoms in total. The van der Waals surface area contributed by atoms with Gasteiger partial charge in [-0.3, -0.25) is 5.10 Å². The molecule has 0 spiro atoms. The molecule has 1 heterocycles. The summed E-state index contributed by atoms with van der Waals surface area (Å²) in [6.07, 6.45) is 1.62. The number of aryl methyl sites for hydroxylation is 1. The monoisotopic (exact) mass is 199 g/mol. The van der Waals surface area contributed by atoms with E-state index in [0.29, 0.717) is 6.54 Å². The molecule has 1 aromatic rings. The van der Waals surface area contributed by atoms with Gasteiger partial charge in [-0.25, -0.2) is 0 Å². The Morgan fingerprint density at radius 3 is 2.71 bits per heavy atom. The number of nitrogens with zero attached hydrogens (tertiary/aromatic N) is 1. The minimum Gasteiger partial charge on any atom is -0.355 e. The number of nitrogens with one attached hydrogen (secondary N) is 2. The average molecular weight is 199 g/mol. The summed E-state index contributed by atoms with van der Waals surface area (Å²) in [5.41, 5.74) is 2.25. The first kappa shape index (κ1) is 11.2. The lowest BCUT2D eigenvalue weighted by Gasteiger charge is -2.13. The van der Waals surface area contributed by atoms with Gasteiger partial charge in [0.25, 0.3) is 0 Å². The van der Waals surface area contributed by atoms with Crippen molar-refractivity contribution < 1.29 is 9.47 Å². The van der Waals surface area contributed by atoms with E-state index in [4.69, 9.17) is 9.47 Å². The van der Waals surface area contributed by atoms with Gasteiger partial charge in [-0.2, -0.15) is 5.10 Å². The largest absolute Gasteiger partial charge is 0.355 e. The second-order valence-corrected chi connectivity index (χ2v) is 3.05. The van der Waals surface area contributed by atoms with E-state index in [1.54, 1.807) is 14.2 Å². The molecule has 2 N–H and O–H groups in total. The van der Waals surface area contributed by atoms with Crippen LogP contribution in [0.2, 0.25) is 0 Å². The fourth-order valence-corrected chi connectivity index (χ4v) is 1.14. The zero-order chi connectivity index (χ0) is 10.4. The van der Waals surface area contributed by atoms with E-state index >= 15 is 0 Å². The number of methoxy groups -OCH3 is 2. The summed E-state index contributed by atoms with van der Waals surface area (Å²) in [5.74, 6) is 0. The third-order valence-corrected chi connectivity index (χ3v) is 2.09. The van der Waals surface area contributed by atoms with Gasteiger partial charge in [0.15, 0.2) is 6.29 Å². The Hall–Kier alpha value is -0.910. The Morgan fingerprint density at radius 2 is 2.21 bits per heavy atom. The third kappa shape index (κ3) is 3.10. The summed E-state index contributed by atoms with van der Waals surface area (Å²) in [6.45, 7) is 3.43. The topological polar surface area (TPSA) is 59.2 Å². The van der Waals surface area contributed by atoms with Gasteiger partial charge in [0.2, 0.25) is 0 Å². The molecule has 5 heteroatoms. The first-order valence-electron chi connectivity index (χ1n) is 4.53. The standard InChI is InChI=1S/C9H17N3O2/c1-7-8(5-11-12-7)4-10-6-9(13-2)14-3/h5,9-10H,4,6H2,1-3H3,(H,11,12). The zero-order valence-electron chi connectivity index (χ0n) is 8.83. The van der Waals surface area contributed by atoms with Crippen molar-refractivity contribution in [3.8, 4) is 0 Å². The van der Waals surface area contributed by atoms with Crippen LogP contribution in [0.3, 0.4) is 0 Å². The fourth-order valence-electron chi connectivity index (χ4n) is 1.14. The molecular formula is C9H17N3O2. The molecule has 1 aromatic heterocycles. The van der Waals surface area contributed by atoms with Crippen molar-refractivity contribution in [1.29, 1.82) is 0 Å². The Kier molecular flexibility index (Phi) is 4.58. The highest BCUT2D eigenvalue weighted by atomic mass is 16.7. The van der Waals surface area contributed by atoms with Crippen LogP contribution in [-0.2, 0) is 16.0 Å². The molecule has 0 aliphatic rings. The maximum absolute atomic E-state index is 5.04. The van der Waals surface area contributed by atoms with Gasteiger partial charge < -0.3 is 14.8 Å². The van der Waals surface area contributed by atoms with Gasteiger partial charge in [-0.05, 0) is 6.92 Å². The molecule has 0 saturated heterocycles. The molecular weight excluding hydrogens is 182 g/mol. The molecule has 0 atom stereocenters. The van der Waals surface area contributed by atoms with Crippen LogP contribution < -0.4 is 5.32 Å². The summed E-state index contributed by atoms with van der Waals surface area (Å²) in [6, 6.07) is 0. The predicted octanol–water partition coefficient (Wildman–Crippen LogP) is 0.427. The number of H-pyrrole nitrogens is 1. The van der Waals surface area contributed by atoms with Crippen molar-refractivity contribution in [2.45, 2.75) is 19.8 Å². The van der Waals surface area contributed by atoms with Crippen molar-refractivity contribution >= 4 is 0 Å². The molecule has 0 bridgehead atoms. The highest BCUT2D eigenvalue weighted by Gasteiger charge is 2.04. The molecule has 80 valence electrons. The second-order valence-electron chi connectivity index (χ2n) is 3.05. The summed E-state index contributed by atoms with van der Waals surface area (Å²) in [5, 5.41) is 10.0. The first-order valence-corrected chi connectivity index (χ1v) is 4.53. The molecule has 0 aromatic carbocycles. The third-order valence-electron chi connectivity index (χ3n) is 2.09. The fraction of sp³-hybridized carbons (Fsp3) is 0.667. The molecule has 0 aliphatic heterocycles. The number of aromatic amines is 1. The highest BCUT2D eigenvalue weighted by molar-refractivity contribution is 5.13. The Bertz CT molecular complexity index is 258. The van der Waals surface area contributed by atoms with Crippen molar-refractivity contribution in [2.75, 3.05) is 20.8 Å². The number of aromatic nitrogens is 2. The number of rotatable bonds is 6. The molecule has 14 heavy (non-hydrogen) atoms. The van der Waals surface area contributed by atoms with Gasteiger partial charge in [-0.15, -0.1) is 0 Å². The Labute approximate surface area is 83.8 Å². The van der Waals surface area contributed by atoms with E-state index in [2.05, 4.69) is 15.5 Å². The lowest BCUT2D eigenvalue weighted by Crippen LogP contribution is -2.29. The van der Waals surface area contributed by atoms with Crippen LogP contribution in [0.1, 0.15) is 11.3 Å². The number of ether oxygens (including phenoxy) is 2. The van der Waals surface area contributed by atoms with E-state index < -0.39 is 0 Å². The predicted molar refractivity (Wildman–Crippen MR) is 52.8 cm³/mol. The molecule has 0 unspecified atom stereocenters. The van der Waals surface area contributed by atoms with Gasteiger partial charge in [0.1, 0.15) is 0 Å². The van der Waals surface area contributed by atoms with Crippen LogP contribution in [0.25, 0.3) is 0 Å². The highest BCUT2D eigenvalue weighted by Crippen LogP contribution is 2.01.